The summed E-state index contributed by atoms with van der Waals surface area (Å²) in [4.78, 5) is 25.3. The lowest BCUT2D eigenvalue weighted by atomic mass is 10.0. The van der Waals surface area contributed by atoms with Crippen LogP contribution in [0, 0.1) is 5.92 Å². The van der Waals surface area contributed by atoms with E-state index >= 15 is 0 Å². The van der Waals surface area contributed by atoms with Crippen molar-refractivity contribution in [3.8, 4) is 0 Å². The van der Waals surface area contributed by atoms with Crippen LogP contribution in [0.5, 0.6) is 0 Å². The second-order valence-corrected chi connectivity index (χ2v) is 11.3. The van der Waals surface area contributed by atoms with Gasteiger partial charge in [-0.2, -0.15) is 0 Å². The van der Waals surface area contributed by atoms with Gasteiger partial charge in [-0.3, -0.25) is 9.59 Å². The van der Waals surface area contributed by atoms with Crippen molar-refractivity contribution in [2.45, 2.75) is 48.7 Å². The average Bonchev–Trinajstić information content (AvgIpc) is 2.68. The van der Waals surface area contributed by atoms with Crippen LogP contribution in [0.4, 0.5) is 11.4 Å². The van der Waals surface area contributed by atoms with Crippen LogP contribution in [-0.2, 0) is 19.4 Å². The van der Waals surface area contributed by atoms with Crippen molar-refractivity contribution in [1.29, 1.82) is 0 Å². The molecular weight excluding hydrogens is 420 g/mol. The molecule has 30 heavy (non-hydrogen) atoms. The molecule has 160 valence electrons. The van der Waals surface area contributed by atoms with Crippen molar-refractivity contribution in [2.24, 2.45) is 5.92 Å². The lowest BCUT2D eigenvalue weighted by Crippen LogP contribution is -2.28. The fourth-order valence-corrected chi connectivity index (χ4v) is 5.60. The number of thioether (sulfide) groups is 1. The highest BCUT2D eigenvalue weighted by atomic mass is 32.2. The van der Waals surface area contributed by atoms with Crippen LogP contribution in [0.25, 0.3) is 0 Å². The molecule has 1 aliphatic heterocycles. The summed E-state index contributed by atoms with van der Waals surface area (Å²) >= 11 is 1.39. The zero-order valence-electron chi connectivity index (χ0n) is 17.4. The van der Waals surface area contributed by atoms with E-state index in [9.17, 15) is 18.0 Å². The fourth-order valence-electron chi connectivity index (χ4n) is 3.10. The van der Waals surface area contributed by atoms with Crippen LogP contribution in [0.15, 0.2) is 52.3 Å². The number of benzene rings is 2. The van der Waals surface area contributed by atoms with Gasteiger partial charge in [0.05, 0.1) is 21.6 Å². The van der Waals surface area contributed by atoms with Gasteiger partial charge < -0.3 is 10.6 Å². The highest BCUT2D eigenvalue weighted by Gasteiger charge is 2.27. The molecule has 1 heterocycles. The minimum atomic E-state index is -3.70. The van der Waals surface area contributed by atoms with Crippen LogP contribution >= 0.6 is 11.8 Å². The fraction of sp³-hybridized carbons (Fsp3) is 0.364. The Balaban J connectivity index is 1.69. The first-order valence-corrected chi connectivity index (χ1v) is 12.3. The summed E-state index contributed by atoms with van der Waals surface area (Å²) in [5.74, 6) is -1.18. The molecule has 2 N–H and O–H groups in total. The molecule has 0 saturated carbocycles. The van der Waals surface area contributed by atoms with Crippen molar-refractivity contribution in [3.63, 3.8) is 0 Å². The van der Waals surface area contributed by atoms with Gasteiger partial charge in [-0.1, -0.05) is 32.9 Å². The molecule has 0 aromatic heterocycles. The number of fused-ring (bicyclic) bond motifs is 1. The molecule has 0 bridgehead atoms. The lowest BCUT2D eigenvalue weighted by Gasteiger charge is -2.22. The largest absolute Gasteiger partial charge is 0.326 e. The highest BCUT2D eigenvalue weighted by molar-refractivity contribution is 8.01. The Morgan fingerprint density at radius 3 is 2.43 bits per heavy atom. The molecule has 2 atom stereocenters. The Morgan fingerprint density at radius 1 is 1.13 bits per heavy atom. The maximum absolute atomic E-state index is 12.9. The molecule has 1 aliphatic rings. The maximum Gasteiger partial charge on any atom is 0.237 e. The summed E-state index contributed by atoms with van der Waals surface area (Å²) in [7, 11) is -3.70. The van der Waals surface area contributed by atoms with E-state index in [1.54, 1.807) is 19.9 Å². The minimum absolute atomic E-state index is 0.0950. The number of rotatable bonds is 6. The molecule has 6 nitrogen and oxygen atoms in total. The lowest BCUT2D eigenvalue weighted by molar-refractivity contribution is -0.119. The van der Waals surface area contributed by atoms with E-state index in [0.717, 1.165) is 10.5 Å². The zero-order valence-corrected chi connectivity index (χ0v) is 19.1. The predicted octanol–water partition coefficient (Wildman–Crippen LogP) is 4.29. The third-order valence-electron chi connectivity index (χ3n) is 5.00. The van der Waals surface area contributed by atoms with E-state index in [0.29, 0.717) is 17.3 Å². The molecule has 2 unspecified atom stereocenters. The summed E-state index contributed by atoms with van der Waals surface area (Å²) in [6.45, 7) is 7.56. The van der Waals surface area contributed by atoms with E-state index in [1.807, 2.05) is 24.3 Å². The van der Waals surface area contributed by atoms with Crippen LogP contribution in [-0.4, -0.2) is 31.2 Å². The van der Waals surface area contributed by atoms with Gasteiger partial charge in [0.1, 0.15) is 0 Å². The first-order valence-electron chi connectivity index (χ1n) is 9.82. The summed E-state index contributed by atoms with van der Waals surface area (Å²) in [5.41, 5.74) is 2.29. The van der Waals surface area contributed by atoms with E-state index in [-0.39, 0.29) is 27.7 Å². The van der Waals surface area contributed by atoms with Gasteiger partial charge in [-0.05, 0) is 48.7 Å². The van der Waals surface area contributed by atoms with Crippen LogP contribution < -0.4 is 10.6 Å². The van der Waals surface area contributed by atoms with Crippen molar-refractivity contribution in [3.05, 3.63) is 48.0 Å². The Morgan fingerprint density at radius 2 is 1.80 bits per heavy atom. The average molecular weight is 447 g/mol. The number of amides is 2. The molecular formula is C22H26N2O4S2. The summed E-state index contributed by atoms with van der Waals surface area (Å²) in [6.07, 6.45) is 0. The third-order valence-corrected chi connectivity index (χ3v) is 8.09. The molecule has 0 radical (unpaired) electrons. The molecule has 2 amide bonds. The topological polar surface area (TPSA) is 92.3 Å². The molecule has 0 aliphatic carbocycles. The van der Waals surface area contributed by atoms with Crippen LogP contribution in [0.1, 0.15) is 39.2 Å². The number of hydrogen-bond donors (Lipinski definition) is 2. The quantitative estimate of drug-likeness (QED) is 0.691. The van der Waals surface area contributed by atoms with Gasteiger partial charge in [0.25, 0.3) is 0 Å². The Bertz CT molecular complexity index is 1060. The number of hydrogen-bond acceptors (Lipinski definition) is 5. The van der Waals surface area contributed by atoms with Crippen molar-refractivity contribution < 1.29 is 18.0 Å². The molecule has 0 saturated heterocycles. The molecule has 0 fully saturated rings. The zero-order chi connectivity index (χ0) is 22.1. The van der Waals surface area contributed by atoms with Crippen molar-refractivity contribution in [1.82, 2.24) is 0 Å². The van der Waals surface area contributed by atoms with Gasteiger partial charge in [0, 0.05) is 16.5 Å². The summed E-state index contributed by atoms with van der Waals surface area (Å²) in [6, 6.07) is 12.2. The maximum atomic E-state index is 12.9. The molecule has 3 rings (SSSR count). The van der Waals surface area contributed by atoms with Gasteiger partial charge in [0.15, 0.2) is 9.84 Å². The Labute approximate surface area is 181 Å². The second kappa shape index (κ2) is 8.81. The van der Waals surface area contributed by atoms with E-state index in [1.165, 1.54) is 23.9 Å². The molecule has 8 heteroatoms. The Kier molecular flexibility index (Phi) is 6.57. The number of anilines is 2. The SMILES string of the molecule is CC(CS(=O)(=O)c1ccc2c(c1)NC(=O)C(C)S2)C(=O)Nc1ccc(C(C)C)cc1. The van der Waals surface area contributed by atoms with E-state index in [2.05, 4.69) is 24.5 Å². The minimum Gasteiger partial charge on any atom is -0.326 e. The number of nitrogens with one attached hydrogen (secondary N) is 2. The van der Waals surface area contributed by atoms with Crippen LogP contribution in [0.3, 0.4) is 0 Å². The van der Waals surface area contributed by atoms with Crippen molar-refractivity contribution >= 4 is 44.8 Å². The molecule has 2 aromatic carbocycles. The summed E-state index contributed by atoms with van der Waals surface area (Å²) < 4.78 is 25.7. The van der Waals surface area contributed by atoms with Crippen LogP contribution in [0.2, 0.25) is 0 Å². The summed E-state index contributed by atoms with van der Waals surface area (Å²) in [5, 5.41) is 5.29. The van der Waals surface area contributed by atoms with Gasteiger partial charge in [0.2, 0.25) is 11.8 Å². The third kappa shape index (κ3) is 5.05. The molecule has 0 spiro atoms. The highest BCUT2D eigenvalue weighted by Crippen LogP contribution is 2.37. The Hall–Kier alpha value is -2.32. The van der Waals surface area contributed by atoms with Gasteiger partial charge in [-0.15, -0.1) is 11.8 Å². The first-order chi connectivity index (χ1) is 14.1. The number of sulfone groups is 1. The van der Waals surface area contributed by atoms with Gasteiger partial charge >= 0.3 is 0 Å². The van der Waals surface area contributed by atoms with Crippen molar-refractivity contribution in [2.75, 3.05) is 16.4 Å². The predicted molar refractivity (Wildman–Crippen MR) is 121 cm³/mol. The second-order valence-electron chi connectivity index (χ2n) is 7.86. The first kappa shape index (κ1) is 22.4. The standard InChI is InChI=1S/C22H26N2O4S2/c1-13(2)16-5-7-17(8-6-16)23-21(25)14(3)12-30(27,28)18-9-10-20-19(11-18)24-22(26)15(4)29-20/h5-11,13-15H,12H2,1-4H3,(H,23,25)(H,24,26). The van der Waals surface area contributed by atoms with E-state index < -0.39 is 15.8 Å². The van der Waals surface area contributed by atoms with Gasteiger partial charge in [-0.25, -0.2) is 8.42 Å². The number of carbonyl (C=O) groups excluding carboxylic acids is 2. The number of carbonyl (C=O) groups is 2. The normalized spacial score (nSPS) is 17.2. The monoisotopic (exact) mass is 446 g/mol. The molecule has 2 aromatic rings. The smallest absolute Gasteiger partial charge is 0.237 e. The van der Waals surface area contributed by atoms with E-state index in [4.69, 9.17) is 0 Å².